The molecule has 20 atom stereocenters. The molecule has 1 aliphatic carbocycles. The predicted octanol–water partition coefficient (Wildman–Crippen LogP) is 19.4. The summed E-state index contributed by atoms with van der Waals surface area (Å²) in [7, 11) is 0. The molecule has 0 N–H and O–H groups in total. The molecule has 0 bridgehead atoms. The first-order chi connectivity index (χ1) is 26.6. The molecule has 1 aliphatic rings. The van der Waals surface area contributed by atoms with E-state index in [1.807, 2.05) is 0 Å². The highest BCUT2D eigenvalue weighted by atomic mass is 14.7. The van der Waals surface area contributed by atoms with Crippen molar-refractivity contribution in [3.05, 3.63) is 0 Å². The zero-order valence-electron chi connectivity index (χ0n) is 46.9. The molecule has 1 rings (SSSR count). The van der Waals surface area contributed by atoms with Gasteiger partial charge in [0.25, 0.3) is 0 Å². The monoisotopic (exact) mass is 827 g/mol. The molecule has 1 saturated carbocycles. The molecular weight excluding hydrogens is 709 g/mol. The highest BCUT2D eigenvalue weighted by Gasteiger charge is 2.61. The Hall–Kier alpha value is 0. The lowest BCUT2D eigenvalue weighted by Crippen LogP contribution is -2.60. The van der Waals surface area contributed by atoms with Crippen molar-refractivity contribution in [3.63, 3.8) is 0 Å². The molecule has 59 heavy (non-hydrogen) atoms. The summed E-state index contributed by atoms with van der Waals surface area (Å²) in [5, 5.41) is 0. The Morgan fingerprint density at radius 2 is 0.678 bits per heavy atom. The van der Waals surface area contributed by atoms with Gasteiger partial charge in [-0.3, -0.25) is 0 Å². The minimum Gasteiger partial charge on any atom is -0.0651 e. The summed E-state index contributed by atoms with van der Waals surface area (Å²) in [5.41, 5.74) is 0.587. The van der Waals surface area contributed by atoms with Crippen LogP contribution in [0.25, 0.3) is 0 Å². The van der Waals surface area contributed by atoms with Crippen LogP contribution in [0.2, 0.25) is 0 Å². The molecule has 20 unspecified atom stereocenters. The van der Waals surface area contributed by atoms with Crippen molar-refractivity contribution in [2.75, 3.05) is 0 Å². The smallest absolute Gasteiger partial charge is 0.0241 e. The molecule has 0 aromatic rings. The van der Waals surface area contributed by atoms with E-state index in [2.05, 4.69) is 208 Å². The maximum Gasteiger partial charge on any atom is -0.0241 e. The van der Waals surface area contributed by atoms with Crippen LogP contribution in [0.4, 0.5) is 0 Å². The Labute approximate surface area is 377 Å². The lowest BCUT2D eigenvalue weighted by Gasteiger charge is -2.66. The van der Waals surface area contributed by atoms with Crippen molar-refractivity contribution < 1.29 is 0 Å². The van der Waals surface area contributed by atoms with E-state index in [-0.39, 0.29) is 27.1 Å². The SMILES string of the molecule is CCC(C)C(C)C(C)C(C)C(C)C(C)C(C)C(C)(C)C(C)(C)C(C)(C)C(C)(C)C(C)(C)C(C)C(C)C(C)C(C)C(C)C(CC)C(C)C1C(C)C(C)C(CC)C(CC)C1C. The minimum absolute atomic E-state index is 0.0880. The first-order valence-corrected chi connectivity index (χ1v) is 26.6. The number of hydrogen-bond acceptors (Lipinski definition) is 0. The number of rotatable bonds is 23. The van der Waals surface area contributed by atoms with E-state index < -0.39 is 0 Å². The molecule has 0 heteroatoms. The van der Waals surface area contributed by atoms with Crippen molar-refractivity contribution in [1.82, 2.24) is 0 Å². The second-order valence-electron chi connectivity index (χ2n) is 26.2. The fourth-order valence-electron chi connectivity index (χ4n) is 15.5. The molecule has 0 nitrogen and oxygen atoms in total. The highest BCUT2D eigenvalue weighted by Crippen LogP contribution is 2.68. The van der Waals surface area contributed by atoms with Gasteiger partial charge in [-0.15, -0.1) is 0 Å². The Balaban J connectivity index is 3.42. The van der Waals surface area contributed by atoms with Crippen LogP contribution in [0, 0.1) is 145 Å². The van der Waals surface area contributed by atoms with Gasteiger partial charge in [0.1, 0.15) is 0 Å². The highest BCUT2D eigenvalue weighted by molar-refractivity contribution is 5.10. The van der Waals surface area contributed by atoms with Gasteiger partial charge in [-0.05, 0) is 145 Å². The summed E-state index contributed by atoms with van der Waals surface area (Å²) < 4.78 is 0. The summed E-state index contributed by atoms with van der Waals surface area (Å²) >= 11 is 0. The average molecular weight is 828 g/mol. The van der Waals surface area contributed by atoms with Gasteiger partial charge >= 0.3 is 0 Å². The van der Waals surface area contributed by atoms with E-state index in [9.17, 15) is 0 Å². The second kappa shape index (κ2) is 21.3. The van der Waals surface area contributed by atoms with Crippen LogP contribution < -0.4 is 0 Å². The van der Waals surface area contributed by atoms with Crippen molar-refractivity contribution in [2.24, 2.45) is 145 Å². The van der Waals surface area contributed by atoms with Crippen LogP contribution in [-0.2, 0) is 0 Å². The molecule has 0 aromatic heterocycles. The van der Waals surface area contributed by atoms with Crippen molar-refractivity contribution in [3.8, 4) is 0 Å². The maximum atomic E-state index is 2.69. The third-order valence-electron chi connectivity index (χ3n) is 24.9. The van der Waals surface area contributed by atoms with Gasteiger partial charge in [-0.1, -0.05) is 233 Å². The molecule has 0 spiro atoms. The second-order valence-corrected chi connectivity index (χ2v) is 26.2. The molecule has 0 aliphatic heterocycles. The Bertz CT molecular complexity index is 1210. The quantitative estimate of drug-likeness (QED) is 0.0963. The van der Waals surface area contributed by atoms with Gasteiger partial charge in [0, 0.05) is 0 Å². The largest absolute Gasteiger partial charge is 0.0651 e. The fraction of sp³-hybridized carbons (Fsp3) is 1.00. The van der Waals surface area contributed by atoms with Gasteiger partial charge in [-0.25, -0.2) is 0 Å². The summed E-state index contributed by atoms with van der Waals surface area (Å²) in [6, 6.07) is 0. The lowest BCUT2D eigenvalue weighted by molar-refractivity contribution is -0.179. The van der Waals surface area contributed by atoms with Crippen LogP contribution in [0.5, 0.6) is 0 Å². The van der Waals surface area contributed by atoms with Gasteiger partial charge in [0.05, 0.1) is 0 Å². The first kappa shape index (κ1) is 57.0. The van der Waals surface area contributed by atoms with Crippen molar-refractivity contribution >= 4 is 0 Å². The molecule has 0 heterocycles. The molecule has 0 radical (unpaired) electrons. The van der Waals surface area contributed by atoms with Gasteiger partial charge in [0.2, 0.25) is 0 Å². The Morgan fingerprint density at radius 3 is 1.02 bits per heavy atom. The number of hydrogen-bond donors (Lipinski definition) is 0. The Morgan fingerprint density at radius 1 is 0.356 bits per heavy atom. The predicted molar refractivity (Wildman–Crippen MR) is 271 cm³/mol. The molecule has 0 amide bonds. The Kier molecular flexibility index (Phi) is 20.6. The molecular formula is C59H118. The van der Waals surface area contributed by atoms with Crippen molar-refractivity contribution in [2.45, 2.75) is 233 Å². The maximum absolute atomic E-state index is 2.69. The van der Waals surface area contributed by atoms with E-state index in [0.29, 0.717) is 47.3 Å². The average Bonchev–Trinajstić information content (AvgIpc) is 3.18. The third-order valence-corrected chi connectivity index (χ3v) is 24.9. The van der Waals surface area contributed by atoms with Crippen LogP contribution in [0.3, 0.4) is 0 Å². The first-order valence-electron chi connectivity index (χ1n) is 26.6. The van der Waals surface area contributed by atoms with E-state index in [1.54, 1.807) is 0 Å². The van der Waals surface area contributed by atoms with Crippen LogP contribution in [-0.4, -0.2) is 0 Å². The van der Waals surface area contributed by atoms with E-state index >= 15 is 0 Å². The molecule has 0 aromatic carbocycles. The summed E-state index contributed by atoms with van der Waals surface area (Å²) in [4.78, 5) is 0. The van der Waals surface area contributed by atoms with Crippen LogP contribution in [0.15, 0.2) is 0 Å². The van der Waals surface area contributed by atoms with Gasteiger partial charge in [0.15, 0.2) is 0 Å². The summed E-state index contributed by atoms with van der Waals surface area (Å²) in [6.45, 7) is 78.1. The van der Waals surface area contributed by atoms with E-state index in [0.717, 1.165) is 71.0 Å². The van der Waals surface area contributed by atoms with Crippen LogP contribution >= 0.6 is 0 Å². The van der Waals surface area contributed by atoms with Gasteiger partial charge < -0.3 is 0 Å². The zero-order chi connectivity index (χ0) is 46.9. The third kappa shape index (κ3) is 10.4. The zero-order valence-corrected chi connectivity index (χ0v) is 46.9. The normalized spacial score (nSPS) is 30.2. The van der Waals surface area contributed by atoms with Gasteiger partial charge in [-0.2, -0.15) is 0 Å². The molecule has 0 saturated heterocycles. The topological polar surface area (TPSA) is 0 Å². The van der Waals surface area contributed by atoms with Crippen LogP contribution in [0.1, 0.15) is 233 Å². The molecule has 354 valence electrons. The summed E-state index contributed by atoms with van der Waals surface area (Å²) in [6.07, 6.45) is 5.29. The lowest BCUT2D eigenvalue weighted by atomic mass is 9.38. The molecule has 1 fully saturated rings. The summed E-state index contributed by atoms with van der Waals surface area (Å²) in [5.74, 6) is 14.9. The van der Waals surface area contributed by atoms with E-state index in [4.69, 9.17) is 0 Å². The van der Waals surface area contributed by atoms with E-state index in [1.165, 1.54) is 25.7 Å². The van der Waals surface area contributed by atoms with Crippen molar-refractivity contribution in [1.29, 1.82) is 0 Å². The fourth-order valence-corrected chi connectivity index (χ4v) is 15.5. The minimum atomic E-state index is 0.0880. The standard InChI is InChI=1S/C59H118/c1-31-35(5)36(6)37(7)38(8)39(9)42(12)49(19)55(21,22)57(25,26)59(29,30)58(27,28)56(23,24)50(20)43(13)40(10)41(11)44(14)51(32-2)47(17)54-46(16)45(15)52(33-3)53(34-4)48(54)18/h35-54H,31-34H2,1-30H3.